The predicted octanol–water partition coefficient (Wildman–Crippen LogP) is 1.77. The second-order valence-electron chi connectivity index (χ2n) is 6.05. The third-order valence-electron chi connectivity index (χ3n) is 4.37. The SMILES string of the molecule is Cl.O=S(=O)(NCC(N1CCNCC1)C(F)(F)F)c1cccc2cnccc12. The monoisotopic (exact) mass is 424 g/mol. The Hall–Kier alpha value is -1.46. The molecule has 1 aliphatic rings. The Bertz CT molecular complexity index is 868. The quantitative estimate of drug-likeness (QED) is 0.765. The van der Waals surface area contributed by atoms with E-state index in [0.717, 1.165) is 0 Å². The summed E-state index contributed by atoms with van der Waals surface area (Å²) in [5.41, 5.74) is 0. The van der Waals surface area contributed by atoms with Crippen LogP contribution in [0.5, 0.6) is 0 Å². The second kappa shape index (κ2) is 8.70. The number of sulfonamides is 1. The van der Waals surface area contributed by atoms with Crippen LogP contribution in [-0.4, -0.2) is 63.2 Å². The molecule has 2 heterocycles. The van der Waals surface area contributed by atoms with Gasteiger partial charge in [0.1, 0.15) is 6.04 Å². The first-order valence-electron chi connectivity index (χ1n) is 8.13. The van der Waals surface area contributed by atoms with Crippen LogP contribution < -0.4 is 10.0 Å². The van der Waals surface area contributed by atoms with Gasteiger partial charge in [0, 0.05) is 55.9 Å². The van der Waals surface area contributed by atoms with Crippen molar-refractivity contribution in [3.63, 3.8) is 0 Å². The van der Waals surface area contributed by atoms with Crippen molar-refractivity contribution in [2.45, 2.75) is 17.1 Å². The minimum absolute atomic E-state index is 0. The van der Waals surface area contributed by atoms with Gasteiger partial charge in [0.05, 0.1) is 4.90 Å². The maximum Gasteiger partial charge on any atom is 0.405 e. The number of alkyl halides is 3. The molecule has 0 radical (unpaired) electrons. The van der Waals surface area contributed by atoms with Crippen LogP contribution in [0.15, 0.2) is 41.6 Å². The highest BCUT2D eigenvalue weighted by Gasteiger charge is 2.44. The van der Waals surface area contributed by atoms with Gasteiger partial charge in [-0.1, -0.05) is 12.1 Å². The number of nitrogens with zero attached hydrogens (tertiary/aromatic N) is 2. The van der Waals surface area contributed by atoms with E-state index >= 15 is 0 Å². The summed E-state index contributed by atoms with van der Waals surface area (Å²) in [5, 5.41) is 4.00. The van der Waals surface area contributed by atoms with Crippen molar-refractivity contribution < 1.29 is 21.6 Å². The van der Waals surface area contributed by atoms with Crippen LogP contribution in [0.1, 0.15) is 0 Å². The molecule has 1 saturated heterocycles. The number of pyridine rings is 1. The number of aromatic nitrogens is 1. The molecule has 0 saturated carbocycles. The standard InChI is InChI=1S/C16H19F3N4O2S.ClH/c17-16(18,19)15(23-8-6-20-7-9-23)11-22-26(24,25)14-3-1-2-12-10-21-5-4-13(12)14;/h1-5,10,15,20,22H,6-9,11H2;1H. The summed E-state index contributed by atoms with van der Waals surface area (Å²) in [4.78, 5) is 5.13. The third kappa shape index (κ3) is 5.08. The number of hydrogen-bond donors (Lipinski definition) is 2. The Morgan fingerprint density at radius 2 is 1.93 bits per heavy atom. The van der Waals surface area contributed by atoms with Crippen molar-refractivity contribution in [2.24, 2.45) is 0 Å². The molecule has 0 aliphatic carbocycles. The summed E-state index contributed by atoms with van der Waals surface area (Å²) in [5.74, 6) is 0. The lowest BCUT2D eigenvalue weighted by Gasteiger charge is -2.35. The van der Waals surface area contributed by atoms with E-state index in [1.165, 1.54) is 35.5 Å². The smallest absolute Gasteiger partial charge is 0.314 e. The second-order valence-corrected chi connectivity index (χ2v) is 7.78. The highest BCUT2D eigenvalue weighted by molar-refractivity contribution is 7.89. The van der Waals surface area contributed by atoms with Gasteiger partial charge in [0.2, 0.25) is 10.0 Å². The van der Waals surface area contributed by atoms with Crippen molar-refractivity contribution in [3.8, 4) is 0 Å². The van der Waals surface area contributed by atoms with E-state index in [0.29, 0.717) is 23.9 Å². The Balaban J connectivity index is 0.00000261. The summed E-state index contributed by atoms with van der Waals surface area (Å²) in [6, 6.07) is 4.27. The summed E-state index contributed by atoms with van der Waals surface area (Å²) < 4.78 is 67.7. The van der Waals surface area contributed by atoms with Crippen molar-refractivity contribution >= 4 is 33.2 Å². The van der Waals surface area contributed by atoms with Crippen molar-refractivity contribution in [1.82, 2.24) is 19.9 Å². The van der Waals surface area contributed by atoms with Gasteiger partial charge in [-0.3, -0.25) is 9.88 Å². The van der Waals surface area contributed by atoms with Gasteiger partial charge >= 0.3 is 6.18 Å². The number of halogens is 4. The third-order valence-corrected chi connectivity index (χ3v) is 5.85. The highest BCUT2D eigenvalue weighted by Crippen LogP contribution is 2.26. The normalized spacial score (nSPS) is 17.4. The minimum atomic E-state index is -4.53. The van der Waals surface area contributed by atoms with Crippen LogP contribution in [-0.2, 0) is 10.0 Å². The molecule has 1 aromatic heterocycles. The lowest BCUT2D eigenvalue weighted by molar-refractivity contribution is -0.182. The Morgan fingerprint density at radius 3 is 2.59 bits per heavy atom. The summed E-state index contributed by atoms with van der Waals surface area (Å²) in [7, 11) is -4.10. The van der Waals surface area contributed by atoms with Crippen LogP contribution >= 0.6 is 12.4 Å². The van der Waals surface area contributed by atoms with E-state index in [2.05, 4.69) is 15.0 Å². The molecule has 0 bridgehead atoms. The molecular weight excluding hydrogens is 405 g/mol. The topological polar surface area (TPSA) is 74.3 Å². The van der Waals surface area contributed by atoms with E-state index < -0.39 is 28.8 Å². The fraction of sp³-hybridized carbons (Fsp3) is 0.438. The number of hydrogen-bond acceptors (Lipinski definition) is 5. The molecule has 3 rings (SSSR count). The van der Waals surface area contributed by atoms with E-state index in [9.17, 15) is 21.6 Å². The molecular formula is C16H20ClF3N4O2S. The Kier molecular flexibility index (Phi) is 7.03. The maximum atomic E-state index is 13.4. The van der Waals surface area contributed by atoms with Gasteiger partial charge in [-0.25, -0.2) is 13.1 Å². The molecule has 2 aromatic rings. The zero-order valence-corrected chi connectivity index (χ0v) is 15.9. The van der Waals surface area contributed by atoms with Crippen molar-refractivity contribution in [1.29, 1.82) is 0 Å². The fourth-order valence-corrected chi connectivity index (χ4v) is 4.31. The first-order valence-corrected chi connectivity index (χ1v) is 9.61. The summed E-state index contributed by atoms with van der Waals surface area (Å²) >= 11 is 0. The molecule has 1 atom stereocenters. The fourth-order valence-electron chi connectivity index (χ4n) is 3.04. The van der Waals surface area contributed by atoms with Gasteiger partial charge in [0.15, 0.2) is 0 Å². The van der Waals surface area contributed by atoms with Gasteiger partial charge in [-0.15, -0.1) is 12.4 Å². The van der Waals surface area contributed by atoms with E-state index in [1.807, 2.05) is 0 Å². The molecule has 2 N–H and O–H groups in total. The molecule has 0 spiro atoms. The lowest BCUT2D eigenvalue weighted by atomic mass is 10.2. The Morgan fingerprint density at radius 1 is 1.22 bits per heavy atom. The zero-order valence-electron chi connectivity index (χ0n) is 14.2. The predicted molar refractivity (Wildman–Crippen MR) is 98.5 cm³/mol. The van der Waals surface area contributed by atoms with E-state index in [1.54, 1.807) is 6.07 Å². The summed E-state index contributed by atoms with van der Waals surface area (Å²) in [6.07, 6.45) is -1.57. The molecule has 1 aromatic carbocycles. The number of benzene rings is 1. The van der Waals surface area contributed by atoms with Crippen LogP contribution in [0.4, 0.5) is 13.2 Å². The number of fused-ring (bicyclic) bond motifs is 1. The number of rotatable bonds is 5. The first-order chi connectivity index (χ1) is 12.3. The van der Waals surface area contributed by atoms with Gasteiger partial charge < -0.3 is 5.32 Å². The maximum absolute atomic E-state index is 13.4. The molecule has 6 nitrogen and oxygen atoms in total. The average molecular weight is 425 g/mol. The minimum Gasteiger partial charge on any atom is -0.314 e. The molecule has 11 heteroatoms. The van der Waals surface area contributed by atoms with Crippen molar-refractivity contribution in [3.05, 3.63) is 36.7 Å². The van der Waals surface area contributed by atoms with Gasteiger partial charge in [0.25, 0.3) is 0 Å². The first kappa shape index (κ1) is 21.8. The van der Waals surface area contributed by atoms with Crippen LogP contribution in [0.3, 0.4) is 0 Å². The number of nitrogens with one attached hydrogen (secondary N) is 2. The van der Waals surface area contributed by atoms with Crippen LogP contribution in [0.2, 0.25) is 0 Å². The average Bonchev–Trinajstić information content (AvgIpc) is 2.61. The Labute approximate surface area is 161 Å². The molecule has 1 aliphatic heterocycles. The van der Waals surface area contributed by atoms with Crippen LogP contribution in [0, 0.1) is 0 Å². The molecule has 1 fully saturated rings. The largest absolute Gasteiger partial charge is 0.405 e. The molecule has 1 unspecified atom stereocenters. The van der Waals surface area contributed by atoms with E-state index in [-0.39, 0.29) is 30.4 Å². The van der Waals surface area contributed by atoms with Gasteiger partial charge in [-0.2, -0.15) is 13.2 Å². The molecule has 150 valence electrons. The summed E-state index contributed by atoms with van der Waals surface area (Å²) in [6.45, 7) is 0.580. The highest BCUT2D eigenvalue weighted by atomic mass is 35.5. The van der Waals surface area contributed by atoms with E-state index in [4.69, 9.17) is 0 Å². The lowest BCUT2D eigenvalue weighted by Crippen LogP contribution is -2.57. The zero-order chi connectivity index (χ0) is 18.8. The molecule has 0 amide bonds. The molecule has 27 heavy (non-hydrogen) atoms. The van der Waals surface area contributed by atoms with Crippen molar-refractivity contribution in [2.75, 3.05) is 32.7 Å². The number of piperazine rings is 1. The van der Waals surface area contributed by atoms with Crippen LogP contribution in [0.25, 0.3) is 10.8 Å². The van der Waals surface area contributed by atoms with Gasteiger partial charge in [-0.05, 0) is 12.1 Å².